The van der Waals surface area contributed by atoms with Crippen molar-refractivity contribution in [3.8, 4) is 0 Å². The highest BCUT2D eigenvalue weighted by molar-refractivity contribution is 6.42. The molecule has 0 atom stereocenters. The molecule has 0 aliphatic carbocycles. The second kappa shape index (κ2) is 6.62. The van der Waals surface area contributed by atoms with Crippen molar-refractivity contribution in [1.29, 1.82) is 0 Å². The van der Waals surface area contributed by atoms with Gasteiger partial charge in [0.15, 0.2) is 5.76 Å². The molecule has 0 saturated carbocycles. The molecular weight excluding hydrogens is 337 g/mol. The van der Waals surface area contributed by atoms with E-state index in [0.29, 0.717) is 26.9 Å². The zero-order chi connectivity index (χ0) is 16.4. The number of furan rings is 1. The van der Waals surface area contributed by atoms with Crippen LogP contribution in [0, 0.1) is 0 Å². The molecule has 0 spiro atoms. The third-order valence-corrected chi connectivity index (χ3v) is 4.11. The van der Waals surface area contributed by atoms with Crippen molar-refractivity contribution in [1.82, 2.24) is 0 Å². The Morgan fingerprint density at radius 2 is 1.96 bits per heavy atom. The second-order valence-corrected chi connectivity index (χ2v) is 5.74. The predicted molar refractivity (Wildman–Crippen MR) is 91.3 cm³/mol. The highest BCUT2D eigenvalue weighted by Crippen LogP contribution is 2.29. The van der Waals surface area contributed by atoms with E-state index >= 15 is 0 Å². The maximum absolute atomic E-state index is 12.5. The topological polar surface area (TPSA) is 51.5 Å². The van der Waals surface area contributed by atoms with Crippen LogP contribution in [0.3, 0.4) is 0 Å². The van der Waals surface area contributed by atoms with E-state index in [1.165, 1.54) is 0 Å². The maximum Gasteiger partial charge on any atom is 0.291 e. The normalized spacial score (nSPS) is 10.9. The molecule has 23 heavy (non-hydrogen) atoms. The Morgan fingerprint density at radius 1 is 1.17 bits per heavy atom. The number of anilines is 1. The number of rotatable bonds is 4. The summed E-state index contributed by atoms with van der Waals surface area (Å²) in [5, 5.41) is 4.40. The van der Waals surface area contributed by atoms with Crippen molar-refractivity contribution >= 4 is 45.8 Å². The highest BCUT2D eigenvalue weighted by Gasteiger charge is 2.20. The van der Waals surface area contributed by atoms with Crippen molar-refractivity contribution in [2.45, 2.75) is 6.61 Å². The number of hydrogen-bond donors (Lipinski definition) is 1. The van der Waals surface area contributed by atoms with E-state index in [9.17, 15) is 4.79 Å². The number of benzene rings is 2. The smallest absolute Gasteiger partial charge is 0.291 e. The summed E-state index contributed by atoms with van der Waals surface area (Å²) in [4.78, 5) is 12.5. The summed E-state index contributed by atoms with van der Waals surface area (Å²) >= 11 is 11.8. The van der Waals surface area contributed by atoms with Crippen LogP contribution in [-0.4, -0.2) is 13.0 Å². The molecule has 0 radical (unpaired) electrons. The molecule has 118 valence electrons. The zero-order valence-electron chi connectivity index (χ0n) is 12.2. The molecule has 0 unspecified atom stereocenters. The quantitative estimate of drug-likeness (QED) is 0.709. The number of amides is 1. The number of nitrogens with one attached hydrogen (secondary N) is 1. The molecule has 1 heterocycles. The summed E-state index contributed by atoms with van der Waals surface area (Å²) < 4.78 is 10.9. The summed E-state index contributed by atoms with van der Waals surface area (Å²) in [6.45, 7) is 0.279. The minimum atomic E-state index is -0.369. The maximum atomic E-state index is 12.5. The Kier molecular flexibility index (Phi) is 4.57. The SMILES string of the molecule is COCc1c(C(=O)Nc2ccc(Cl)c(Cl)c2)oc2ccccc12. The Hall–Kier alpha value is -2.01. The number of hydrogen-bond acceptors (Lipinski definition) is 3. The standard InChI is InChI=1S/C17H13Cl2NO3/c1-22-9-12-11-4-2-3-5-15(11)23-16(12)17(21)20-10-6-7-13(18)14(19)8-10/h2-8H,9H2,1H3,(H,20,21). The van der Waals surface area contributed by atoms with Crippen LogP contribution in [0.4, 0.5) is 5.69 Å². The van der Waals surface area contributed by atoms with Gasteiger partial charge >= 0.3 is 0 Å². The van der Waals surface area contributed by atoms with Gasteiger partial charge in [-0.1, -0.05) is 41.4 Å². The van der Waals surface area contributed by atoms with E-state index < -0.39 is 0 Å². The van der Waals surface area contributed by atoms with Gasteiger partial charge < -0.3 is 14.5 Å². The lowest BCUT2D eigenvalue weighted by Gasteiger charge is -2.06. The van der Waals surface area contributed by atoms with E-state index in [1.54, 1.807) is 25.3 Å². The first kappa shape index (κ1) is 15.9. The van der Waals surface area contributed by atoms with Gasteiger partial charge in [-0.3, -0.25) is 4.79 Å². The summed E-state index contributed by atoms with van der Waals surface area (Å²) in [6, 6.07) is 12.3. The van der Waals surface area contributed by atoms with Gasteiger partial charge in [-0.05, 0) is 24.3 Å². The van der Waals surface area contributed by atoms with Gasteiger partial charge in [-0.15, -0.1) is 0 Å². The van der Waals surface area contributed by atoms with Gasteiger partial charge in [-0.25, -0.2) is 0 Å². The van der Waals surface area contributed by atoms with E-state index in [2.05, 4.69) is 5.32 Å². The molecule has 1 amide bonds. The molecular formula is C17H13Cl2NO3. The predicted octanol–water partition coefficient (Wildman–Crippen LogP) is 5.14. The van der Waals surface area contributed by atoms with Crippen LogP contribution in [0.2, 0.25) is 10.0 Å². The fourth-order valence-corrected chi connectivity index (χ4v) is 2.63. The van der Waals surface area contributed by atoms with E-state index in [4.69, 9.17) is 32.4 Å². The average Bonchev–Trinajstić information content (AvgIpc) is 2.90. The van der Waals surface area contributed by atoms with Gasteiger partial charge in [-0.2, -0.15) is 0 Å². The lowest BCUT2D eigenvalue weighted by molar-refractivity contribution is 0.0992. The summed E-state index contributed by atoms with van der Waals surface area (Å²) in [5.74, 6) is -0.147. The first-order valence-electron chi connectivity index (χ1n) is 6.86. The lowest BCUT2D eigenvalue weighted by atomic mass is 10.1. The Bertz CT molecular complexity index is 873. The lowest BCUT2D eigenvalue weighted by Crippen LogP contribution is -2.13. The minimum absolute atomic E-state index is 0.221. The third-order valence-electron chi connectivity index (χ3n) is 3.37. The molecule has 1 N–H and O–H groups in total. The van der Waals surface area contributed by atoms with Crippen LogP contribution >= 0.6 is 23.2 Å². The molecule has 4 nitrogen and oxygen atoms in total. The van der Waals surface area contributed by atoms with Gasteiger partial charge in [0.2, 0.25) is 0 Å². The number of carbonyl (C=O) groups excluding carboxylic acids is 1. The molecule has 0 saturated heterocycles. The van der Waals surface area contributed by atoms with Gasteiger partial charge in [0.1, 0.15) is 5.58 Å². The number of fused-ring (bicyclic) bond motifs is 1. The Labute approximate surface area is 142 Å². The molecule has 0 aliphatic heterocycles. The molecule has 1 aromatic heterocycles. The van der Waals surface area contributed by atoms with Crippen molar-refractivity contribution in [2.75, 3.05) is 12.4 Å². The Balaban J connectivity index is 1.96. The van der Waals surface area contributed by atoms with Crippen LogP contribution < -0.4 is 5.32 Å². The molecule has 3 rings (SSSR count). The first-order valence-corrected chi connectivity index (χ1v) is 7.61. The highest BCUT2D eigenvalue weighted by atomic mass is 35.5. The van der Waals surface area contributed by atoms with E-state index in [0.717, 1.165) is 5.39 Å². The van der Waals surface area contributed by atoms with Gasteiger partial charge in [0.05, 0.1) is 16.7 Å². The molecule has 6 heteroatoms. The monoisotopic (exact) mass is 349 g/mol. The number of ether oxygens (including phenoxy) is 1. The molecule has 0 bridgehead atoms. The van der Waals surface area contributed by atoms with Crippen LogP contribution in [0.1, 0.15) is 16.1 Å². The van der Waals surface area contributed by atoms with Crippen LogP contribution in [-0.2, 0) is 11.3 Å². The van der Waals surface area contributed by atoms with Crippen LogP contribution in [0.15, 0.2) is 46.9 Å². The number of carbonyl (C=O) groups is 1. The zero-order valence-corrected chi connectivity index (χ0v) is 13.7. The van der Waals surface area contributed by atoms with Crippen LogP contribution in [0.25, 0.3) is 11.0 Å². The summed E-state index contributed by atoms with van der Waals surface area (Å²) in [5.41, 5.74) is 1.88. The molecule has 0 fully saturated rings. The molecule has 0 aliphatic rings. The van der Waals surface area contributed by atoms with Gasteiger partial charge in [0, 0.05) is 23.7 Å². The third kappa shape index (κ3) is 3.20. The van der Waals surface area contributed by atoms with Gasteiger partial charge in [0.25, 0.3) is 5.91 Å². The number of halogens is 2. The minimum Gasteiger partial charge on any atom is -0.451 e. The Morgan fingerprint density at radius 3 is 2.70 bits per heavy atom. The largest absolute Gasteiger partial charge is 0.451 e. The number of para-hydroxylation sites is 1. The number of methoxy groups -OCH3 is 1. The van der Waals surface area contributed by atoms with E-state index in [1.807, 2.05) is 24.3 Å². The van der Waals surface area contributed by atoms with Crippen LogP contribution in [0.5, 0.6) is 0 Å². The fourth-order valence-electron chi connectivity index (χ4n) is 2.33. The molecule has 3 aromatic rings. The van der Waals surface area contributed by atoms with Crippen molar-refractivity contribution in [3.05, 3.63) is 63.8 Å². The van der Waals surface area contributed by atoms with E-state index in [-0.39, 0.29) is 18.3 Å². The summed E-state index contributed by atoms with van der Waals surface area (Å²) in [6.07, 6.45) is 0. The summed E-state index contributed by atoms with van der Waals surface area (Å²) in [7, 11) is 1.57. The average molecular weight is 350 g/mol. The first-order chi connectivity index (χ1) is 11.1. The fraction of sp³-hybridized carbons (Fsp3) is 0.118. The molecule has 2 aromatic carbocycles. The van der Waals surface area contributed by atoms with Crippen molar-refractivity contribution < 1.29 is 13.9 Å². The van der Waals surface area contributed by atoms with Crippen molar-refractivity contribution in [2.24, 2.45) is 0 Å². The van der Waals surface area contributed by atoms with Crippen molar-refractivity contribution in [3.63, 3.8) is 0 Å². The second-order valence-electron chi connectivity index (χ2n) is 4.92.